The molecule has 4 heterocycles. The molecular weight excluding hydrogens is 452 g/mol. The molecule has 3 aromatic rings. The summed E-state index contributed by atoms with van der Waals surface area (Å²) >= 11 is 0. The van der Waals surface area contributed by atoms with Gasteiger partial charge in [0.15, 0.2) is 5.82 Å². The van der Waals surface area contributed by atoms with Gasteiger partial charge in [0.2, 0.25) is 0 Å². The van der Waals surface area contributed by atoms with Gasteiger partial charge in [0, 0.05) is 62.7 Å². The van der Waals surface area contributed by atoms with Gasteiger partial charge in [0.1, 0.15) is 5.82 Å². The number of rotatable bonds is 4. The van der Waals surface area contributed by atoms with Gasteiger partial charge in [0.25, 0.3) is 6.43 Å². The van der Waals surface area contributed by atoms with Crippen LogP contribution in [0.3, 0.4) is 0 Å². The Labute approximate surface area is 202 Å². The quantitative estimate of drug-likeness (QED) is 0.602. The molecule has 1 saturated carbocycles. The number of carbonyl (C=O) groups excluding carboxylic acids is 1. The van der Waals surface area contributed by atoms with Crippen LogP contribution in [0.1, 0.15) is 54.3 Å². The molecule has 8 nitrogen and oxygen atoms in total. The number of anilines is 2. The van der Waals surface area contributed by atoms with Gasteiger partial charge in [0.05, 0.1) is 18.4 Å². The highest BCUT2D eigenvalue weighted by molar-refractivity contribution is 5.77. The summed E-state index contributed by atoms with van der Waals surface area (Å²) in [6.07, 6.45) is 4.76. The second kappa shape index (κ2) is 8.35. The summed E-state index contributed by atoms with van der Waals surface area (Å²) in [5.74, 6) is 2.32. The molecule has 3 aliphatic rings. The lowest BCUT2D eigenvalue weighted by Crippen LogP contribution is -2.43. The zero-order valence-corrected chi connectivity index (χ0v) is 20.0. The molecule has 35 heavy (non-hydrogen) atoms. The number of nitrogens with zero attached hydrogens (tertiary/aromatic N) is 6. The fourth-order valence-electron chi connectivity index (χ4n) is 5.44. The number of alkyl halides is 2. The molecule has 1 N–H and O–H groups in total. The summed E-state index contributed by atoms with van der Waals surface area (Å²) in [7, 11) is 3.42. The Morgan fingerprint density at radius 1 is 1.20 bits per heavy atom. The van der Waals surface area contributed by atoms with E-state index in [1.54, 1.807) is 42.1 Å². The van der Waals surface area contributed by atoms with Crippen LogP contribution in [0.4, 0.5) is 25.1 Å². The highest BCUT2D eigenvalue weighted by Gasteiger charge is 2.36. The topological polar surface area (TPSA) is 71.2 Å². The minimum absolute atomic E-state index is 0.00568. The van der Waals surface area contributed by atoms with E-state index < -0.39 is 6.43 Å². The third-order valence-electron chi connectivity index (χ3n) is 7.33. The van der Waals surface area contributed by atoms with E-state index in [1.807, 2.05) is 6.07 Å². The molecule has 1 fully saturated rings. The molecule has 0 spiro atoms. The van der Waals surface area contributed by atoms with Crippen molar-refractivity contribution in [2.75, 3.05) is 25.0 Å². The summed E-state index contributed by atoms with van der Waals surface area (Å²) in [4.78, 5) is 21.4. The van der Waals surface area contributed by atoms with Gasteiger partial charge in [-0.15, -0.1) is 0 Å². The van der Waals surface area contributed by atoms with Crippen molar-refractivity contribution in [2.24, 2.45) is 7.05 Å². The molecule has 0 unspecified atom stereocenters. The number of benzene rings is 1. The number of aryl methyl sites for hydroxylation is 2. The van der Waals surface area contributed by atoms with Crippen molar-refractivity contribution in [3.05, 3.63) is 47.2 Å². The monoisotopic (exact) mass is 481 g/mol. The van der Waals surface area contributed by atoms with Crippen LogP contribution in [-0.4, -0.2) is 50.4 Å². The zero-order valence-electron chi connectivity index (χ0n) is 20.0. The first-order valence-corrected chi connectivity index (χ1v) is 12.2. The fourth-order valence-corrected chi connectivity index (χ4v) is 5.44. The average molecular weight is 482 g/mol. The SMILES string of the molecule is CNC(=O)N1CCn2c(C3CC3)nc(N3CCCc4cc(-c5cnn(C)c5)c(C(F)F)cc43)c2C1. The van der Waals surface area contributed by atoms with Crippen molar-refractivity contribution in [1.82, 2.24) is 29.5 Å². The average Bonchev–Trinajstić information content (AvgIpc) is 3.51. The van der Waals surface area contributed by atoms with Crippen molar-refractivity contribution < 1.29 is 13.6 Å². The van der Waals surface area contributed by atoms with E-state index in [4.69, 9.17) is 4.98 Å². The zero-order chi connectivity index (χ0) is 24.3. The lowest BCUT2D eigenvalue weighted by molar-refractivity contribution is 0.152. The highest BCUT2D eigenvalue weighted by atomic mass is 19.3. The Hall–Kier alpha value is -3.43. The van der Waals surface area contributed by atoms with Crippen LogP contribution < -0.4 is 10.2 Å². The summed E-state index contributed by atoms with van der Waals surface area (Å²) in [6.45, 7) is 2.49. The molecule has 0 saturated heterocycles. The molecule has 184 valence electrons. The van der Waals surface area contributed by atoms with Gasteiger partial charge in [-0.2, -0.15) is 5.10 Å². The minimum atomic E-state index is -2.61. The van der Waals surface area contributed by atoms with E-state index in [0.29, 0.717) is 43.2 Å². The maximum absolute atomic E-state index is 14.3. The third kappa shape index (κ3) is 3.75. The van der Waals surface area contributed by atoms with Crippen LogP contribution in [0, 0.1) is 0 Å². The van der Waals surface area contributed by atoms with Crippen LogP contribution in [0.15, 0.2) is 24.5 Å². The van der Waals surface area contributed by atoms with E-state index in [2.05, 4.69) is 19.9 Å². The number of nitrogens with one attached hydrogen (secondary N) is 1. The summed E-state index contributed by atoms with van der Waals surface area (Å²) < 4.78 is 32.4. The van der Waals surface area contributed by atoms with Crippen LogP contribution >= 0.6 is 0 Å². The fraction of sp³-hybridized carbons (Fsp3) is 0.480. The maximum Gasteiger partial charge on any atom is 0.317 e. The molecule has 6 rings (SSSR count). The highest BCUT2D eigenvalue weighted by Crippen LogP contribution is 2.46. The van der Waals surface area contributed by atoms with E-state index >= 15 is 0 Å². The lowest BCUT2D eigenvalue weighted by atomic mass is 9.93. The standard InChI is InChI=1S/C25H29F2N7O/c1-28-25(35)32-8-9-34-21(14-32)24(30-23(34)15-5-6-15)33-7-3-4-16-10-18(17-12-29-31(2)13-17)19(22(26)27)11-20(16)33/h10-13,15,22H,3-9,14H2,1-2H3,(H,28,35). The first kappa shape index (κ1) is 22.1. The Bertz CT molecular complexity index is 1290. The van der Waals surface area contributed by atoms with E-state index in [0.717, 1.165) is 54.3 Å². The normalized spacial score (nSPS) is 17.5. The second-order valence-electron chi connectivity index (χ2n) is 9.67. The van der Waals surface area contributed by atoms with Crippen LogP contribution in [0.5, 0.6) is 0 Å². The van der Waals surface area contributed by atoms with Gasteiger partial charge >= 0.3 is 6.03 Å². The first-order valence-electron chi connectivity index (χ1n) is 12.2. The summed E-state index contributed by atoms with van der Waals surface area (Å²) in [5.41, 5.74) is 4.05. The first-order chi connectivity index (χ1) is 16.9. The van der Waals surface area contributed by atoms with Gasteiger partial charge in [-0.05, 0) is 48.9 Å². The number of hydrogen-bond donors (Lipinski definition) is 1. The molecule has 10 heteroatoms. The smallest absolute Gasteiger partial charge is 0.317 e. The number of halogens is 2. The Morgan fingerprint density at radius 2 is 2.03 bits per heavy atom. The Morgan fingerprint density at radius 3 is 2.71 bits per heavy atom. The van der Waals surface area contributed by atoms with Crippen molar-refractivity contribution in [2.45, 2.75) is 51.1 Å². The number of fused-ring (bicyclic) bond motifs is 2. The van der Waals surface area contributed by atoms with E-state index in [1.165, 1.54) is 0 Å². The summed E-state index contributed by atoms with van der Waals surface area (Å²) in [5, 5.41) is 6.90. The van der Waals surface area contributed by atoms with Crippen molar-refractivity contribution in [3.63, 3.8) is 0 Å². The van der Waals surface area contributed by atoms with Crippen molar-refractivity contribution in [1.29, 1.82) is 0 Å². The molecule has 2 amide bonds. The van der Waals surface area contributed by atoms with Crippen LogP contribution in [0.25, 0.3) is 11.1 Å². The molecule has 1 aliphatic carbocycles. The van der Waals surface area contributed by atoms with Crippen molar-refractivity contribution >= 4 is 17.5 Å². The van der Waals surface area contributed by atoms with Gasteiger partial charge in [-0.25, -0.2) is 18.6 Å². The predicted molar refractivity (Wildman–Crippen MR) is 128 cm³/mol. The van der Waals surface area contributed by atoms with E-state index in [9.17, 15) is 13.6 Å². The van der Waals surface area contributed by atoms with E-state index in [-0.39, 0.29) is 11.6 Å². The number of hydrogen-bond acceptors (Lipinski definition) is 4. The Balaban J connectivity index is 1.46. The number of urea groups is 1. The van der Waals surface area contributed by atoms with Gasteiger partial charge < -0.3 is 19.7 Å². The molecule has 0 bridgehead atoms. The van der Waals surface area contributed by atoms with Gasteiger partial charge in [-0.1, -0.05) is 0 Å². The molecular formula is C25H29F2N7O. The lowest BCUT2D eigenvalue weighted by Gasteiger charge is -2.34. The number of carbonyl (C=O) groups is 1. The number of aromatic nitrogens is 4. The molecule has 1 aromatic carbocycles. The van der Waals surface area contributed by atoms with Gasteiger partial charge in [-0.3, -0.25) is 4.68 Å². The largest absolute Gasteiger partial charge is 0.341 e. The second-order valence-corrected chi connectivity index (χ2v) is 9.67. The predicted octanol–water partition coefficient (Wildman–Crippen LogP) is 4.34. The molecule has 0 atom stereocenters. The Kier molecular flexibility index (Phi) is 5.26. The summed E-state index contributed by atoms with van der Waals surface area (Å²) in [6, 6.07) is 3.43. The number of amides is 2. The third-order valence-corrected chi connectivity index (χ3v) is 7.33. The molecule has 2 aliphatic heterocycles. The number of imidazole rings is 1. The van der Waals surface area contributed by atoms with Crippen LogP contribution in [-0.2, 0) is 26.6 Å². The minimum Gasteiger partial charge on any atom is -0.341 e. The maximum atomic E-state index is 14.3. The molecule has 2 aromatic heterocycles. The van der Waals surface area contributed by atoms with Crippen LogP contribution in [0.2, 0.25) is 0 Å². The van der Waals surface area contributed by atoms with Crippen molar-refractivity contribution in [3.8, 4) is 11.1 Å². The molecule has 0 radical (unpaired) electrons.